The molecule has 0 aliphatic rings. The fourth-order valence-corrected chi connectivity index (χ4v) is 2.96. The fourth-order valence-electron chi connectivity index (χ4n) is 1.99. The molecule has 1 atom stereocenters. The summed E-state index contributed by atoms with van der Waals surface area (Å²) < 4.78 is 1.89. The largest absolute Gasteiger partial charge is 0.386 e. The molecule has 0 amide bonds. The molecule has 0 spiro atoms. The van der Waals surface area contributed by atoms with E-state index in [4.69, 9.17) is 0 Å². The molecule has 0 aliphatic heterocycles. The van der Waals surface area contributed by atoms with Gasteiger partial charge in [-0.3, -0.25) is 4.68 Å². The van der Waals surface area contributed by atoms with Crippen LogP contribution in [-0.2, 0) is 6.54 Å². The van der Waals surface area contributed by atoms with Crippen LogP contribution in [0.3, 0.4) is 0 Å². The Kier molecular flexibility index (Phi) is 5.05. The fraction of sp³-hybridized carbons (Fsp3) is 0.400. The molecule has 0 fully saturated rings. The minimum Gasteiger partial charge on any atom is -0.386 e. The molecule has 3 nitrogen and oxygen atoms in total. The zero-order valence-electron chi connectivity index (χ0n) is 11.4. The molecule has 0 aliphatic carbocycles. The van der Waals surface area contributed by atoms with Gasteiger partial charge in [0.25, 0.3) is 0 Å². The lowest BCUT2D eigenvalue weighted by atomic mass is 10.2. The first-order valence-corrected chi connectivity index (χ1v) is 7.58. The van der Waals surface area contributed by atoms with Gasteiger partial charge in [0, 0.05) is 23.4 Å². The molecule has 4 heteroatoms. The summed E-state index contributed by atoms with van der Waals surface area (Å²) in [6, 6.07) is 10.2. The SMILES string of the molecule is CCCn1nccc1C(O)CSc1cccc(C)c1. The Balaban J connectivity index is 1.97. The van der Waals surface area contributed by atoms with Crippen LogP contribution in [0.25, 0.3) is 0 Å². The highest BCUT2D eigenvalue weighted by Crippen LogP contribution is 2.25. The molecule has 19 heavy (non-hydrogen) atoms. The van der Waals surface area contributed by atoms with Gasteiger partial charge in [-0.15, -0.1) is 11.8 Å². The van der Waals surface area contributed by atoms with Crippen molar-refractivity contribution in [2.24, 2.45) is 0 Å². The minimum atomic E-state index is -0.473. The smallest absolute Gasteiger partial charge is 0.105 e. The number of nitrogens with zero attached hydrogens (tertiary/aromatic N) is 2. The third-order valence-corrected chi connectivity index (χ3v) is 3.99. The van der Waals surface area contributed by atoms with Gasteiger partial charge in [0.1, 0.15) is 6.10 Å². The van der Waals surface area contributed by atoms with E-state index in [9.17, 15) is 5.11 Å². The predicted molar refractivity (Wildman–Crippen MR) is 79.4 cm³/mol. The average Bonchev–Trinajstić information content (AvgIpc) is 2.85. The van der Waals surface area contributed by atoms with Crippen LogP contribution in [-0.4, -0.2) is 20.6 Å². The van der Waals surface area contributed by atoms with Crippen molar-refractivity contribution >= 4 is 11.8 Å². The molecular weight excluding hydrogens is 256 g/mol. The quantitative estimate of drug-likeness (QED) is 0.821. The summed E-state index contributed by atoms with van der Waals surface area (Å²) in [7, 11) is 0. The van der Waals surface area contributed by atoms with Crippen molar-refractivity contribution in [1.82, 2.24) is 9.78 Å². The molecule has 0 saturated heterocycles. The molecule has 0 bridgehead atoms. The molecule has 0 saturated carbocycles. The van der Waals surface area contributed by atoms with Gasteiger partial charge in [-0.05, 0) is 31.5 Å². The maximum Gasteiger partial charge on any atom is 0.105 e. The van der Waals surface area contributed by atoms with E-state index in [-0.39, 0.29) is 0 Å². The molecule has 1 N–H and O–H groups in total. The van der Waals surface area contributed by atoms with Crippen molar-refractivity contribution in [2.75, 3.05) is 5.75 Å². The van der Waals surface area contributed by atoms with Crippen molar-refractivity contribution in [3.05, 3.63) is 47.8 Å². The first kappa shape index (κ1) is 14.2. The molecule has 1 aromatic heterocycles. The number of aryl methyl sites for hydroxylation is 2. The second kappa shape index (κ2) is 6.78. The summed E-state index contributed by atoms with van der Waals surface area (Å²) in [6.45, 7) is 5.05. The van der Waals surface area contributed by atoms with Crippen LogP contribution in [0.15, 0.2) is 41.4 Å². The van der Waals surface area contributed by atoms with Gasteiger partial charge < -0.3 is 5.11 Å². The number of rotatable bonds is 6. The summed E-state index contributed by atoms with van der Waals surface area (Å²) in [5.41, 5.74) is 2.15. The van der Waals surface area contributed by atoms with Crippen LogP contribution in [0.4, 0.5) is 0 Å². The van der Waals surface area contributed by atoms with E-state index in [1.165, 1.54) is 10.5 Å². The summed E-state index contributed by atoms with van der Waals surface area (Å²) in [5, 5.41) is 14.5. The van der Waals surface area contributed by atoms with Crippen molar-refractivity contribution in [3.8, 4) is 0 Å². The standard InChI is InChI=1S/C15H20N2OS/c1-3-9-17-14(7-8-16-17)15(18)11-19-13-6-4-5-12(2)10-13/h4-8,10,15,18H,3,9,11H2,1-2H3. The lowest BCUT2D eigenvalue weighted by Crippen LogP contribution is -2.10. The minimum absolute atomic E-state index is 0.473. The lowest BCUT2D eigenvalue weighted by Gasteiger charge is -2.12. The zero-order valence-corrected chi connectivity index (χ0v) is 12.2. The highest BCUT2D eigenvalue weighted by molar-refractivity contribution is 7.99. The van der Waals surface area contributed by atoms with Crippen molar-refractivity contribution < 1.29 is 5.11 Å². The van der Waals surface area contributed by atoms with Crippen LogP contribution in [0, 0.1) is 6.92 Å². The number of hydrogen-bond donors (Lipinski definition) is 1. The highest BCUT2D eigenvalue weighted by atomic mass is 32.2. The van der Waals surface area contributed by atoms with Gasteiger partial charge in [-0.2, -0.15) is 5.10 Å². The van der Waals surface area contributed by atoms with E-state index in [1.54, 1.807) is 18.0 Å². The summed E-state index contributed by atoms with van der Waals surface area (Å²) in [4.78, 5) is 1.20. The van der Waals surface area contributed by atoms with E-state index in [0.29, 0.717) is 5.75 Å². The van der Waals surface area contributed by atoms with Crippen LogP contribution < -0.4 is 0 Å². The topological polar surface area (TPSA) is 38.0 Å². The van der Waals surface area contributed by atoms with Crippen molar-refractivity contribution in [3.63, 3.8) is 0 Å². The Hall–Kier alpha value is -1.26. The van der Waals surface area contributed by atoms with Crippen LogP contribution in [0.1, 0.15) is 30.7 Å². The highest BCUT2D eigenvalue weighted by Gasteiger charge is 2.13. The van der Waals surface area contributed by atoms with E-state index >= 15 is 0 Å². The van der Waals surface area contributed by atoms with Crippen molar-refractivity contribution in [2.45, 2.75) is 37.8 Å². The van der Waals surface area contributed by atoms with E-state index in [0.717, 1.165) is 18.7 Å². The number of benzene rings is 1. The van der Waals surface area contributed by atoms with Crippen molar-refractivity contribution in [1.29, 1.82) is 0 Å². The van der Waals surface area contributed by atoms with E-state index in [2.05, 4.69) is 37.1 Å². The predicted octanol–water partition coefficient (Wildman–Crippen LogP) is 3.43. The molecule has 1 heterocycles. The monoisotopic (exact) mass is 276 g/mol. The number of aliphatic hydroxyl groups is 1. The van der Waals surface area contributed by atoms with Crippen LogP contribution >= 0.6 is 11.8 Å². The van der Waals surface area contributed by atoms with Crippen LogP contribution in [0.2, 0.25) is 0 Å². The summed E-state index contributed by atoms with van der Waals surface area (Å²) in [5.74, 6) is 0.652. The summed E-state index contributed by atoms with van der Waals surface area (Å²) in [6.07, 6.45) is 2.30. The average molecular weight is 276 g/mol. The number of hydrogen-bond acceptors (Lipinski definition) is 3. The number of thioether (sulfide) groups is 1. The Labute approximate surface area is 118 Å². The van der Waals surface area contributed by atoms with Gasteiger partial charge in [0.15, 0.2) is 0 Å². The molecular formula is C15H20N2OS. The Morgan fingerprint density at radius 2 is 2.21 bits per heavy atom. The number of aromatic nitrogens is 2. The first-order chi connectivity index (χ1) is 9.20. The second-order valence-corrected chi connectivity index (χ2v) is 5.72. The zero-order chi connectivity index (χ0) is 13.7. The Bertz CT molecular complexity index is 524. The van der Waals surface area contributed by atoms with E-state index in [1.807, 2.05) is 16.8 Å². The molecule has 102 valence electrons. The Morgan fingerprint density at radius 1 is 1.37 bits per heavy atom. The lowest BCUT2D eigenvalue weighted by molar-refractivity contribution is 0.191. The molecule has 2 aromatic rings. The normalized spacial score (nSPS) is 12.6. The summed E-state index contributed by atoms with van der Waals surface area (Å²) >= 11 is 1.68. The molecule has 1 unspecified atom stereocenters. The molecule has 0 radical (unpaired) electrons. The third-order valence-electron chi connectivity index (χ3n) is 2.92. The molecule has 1 aromatic carbocycles. The second-order valence-electron chi connectivity index (χ2n) is 4.62. The van der Waals surface area contributed by atoms with Gasteiger partial charge in [0.05, 0.1) is 5.69 Å². The Morgan fingerprint density at radius 3 is 2.95 bits per heavy atom. The third kappa shape index (κ3) is 3.85. The maximum atomic E-state index is 10.3. The van der Waals surface area contributed by atoms with Gasteiger partial charge >= 0.3 is 0 Å². The number of aliphatic hydroxyl groups excluding tert-OH is 1. The van der Waals surface area contributed by atoms with E-state index < -0.39 is 6.10 Å². The van der Waals surface area contributed by atoms with Gasteiger partial charge in [-0.25, -0.2) is 0 Å². The van der Waals surface area contributed by atoms with Gasteiger partial charge in [-0.1, -0.05) is 24.6 Å². The maximum absolute atomic E-state index is 10.3. The van der Waals surface area contributed by atoms with Gasteiger partial charge in [0.2, 0.25) is 0 Å². The molecule has 2 rings (SSSR count). The first-order valence-electron chi connectivity index (χ1n) is 6.60. The van der Waals surface area contributed by atoms with Crippen LogP contribution in [0.5, 0.6) is 0 Å².